The Kier molecular flexibility index (Phi) is 4.55. The van der Waals surface area contributed by atoms with Gasteiger partial charge in [-0.2, -0.15) is 0 Å². The molecule has 0 atom stereocenters. The van der Waals surface area contributed by atoms with E-state index in [-0.39, 0.29) is 17.5 Å². The number of benzene rings is 1. The number of carbonyl (C=O) groups excluding carboxylic acids is 1. The minimum Gasteiger partial charge on any atom is -0.352 e. The number of aromatic nitrogens is 2. The molecule has 128 valence electrons. The molecule has 1 aliphatic carbocycles. The molecule has 1 aromatic carbocycles. The van der Waals surface area contributed by atoms with E-state index in [1.54, 1.807) is 32.0 Å². The number of nitrogens with one attached hydrogen (secondary N) is 2. The van der Waals surface area contributed by atoms with Crippen molar-refractivity contribution in [3.05, 3.63) is 44.6 Å². The van der Waals surface area contributed by atoms with Crippen LogP contribution in [0.15, 0.2) is 27.8 Å². The molecule has 6 nitrogen and oxygen atoms in total. The van der Waals surface area contributed by atoms with Crippen LogP contribution < -0.4 is 16.6 Å². The van der Waals surface area contributed by atoms with E-state index in [4.69, 9.17) is 0 Å². The van der Waals surface area contributed by atoms with Crippen LogP contribution in [0.5, 0.6) is 0 Å². The highest BCUT2D eigenvalue weighted by molar-refractivity contribution is 5.97. The first-order chi connectivity index (χ1) is 11.5. The Morgan fingerprint density at radius 2 is 2.00 bits per heavy atom. The number of aromatic amines is 1. The van der Waals surface area contributed by atoms with Gasteiger partial charge in [-0.3, -0.25) is 14.2 Å². The van der Waals surface area contributed by atoms with Gasteiger partial charge >= 0.3 is 5.69 Å². The number of fused-ring (bicyclic) bond motifs is 1. The van der Waals surface area contributed by atoms with E-state index in [0.717, 1.165) is 0 Å². The normalized spacial score (nSPS) is 15.3. The summed E-state index contributed by atoms with van der Waals surface area (Å²) in [5.74, 6) is 0.394. The minimum absolute atomic E-state index is 0.169. The van der Waals surface area contributed by atoms with Gasteiger partial charge < -0.3 is 10.3 Å². The molecule has 1 heterocycles. The Labute approximate surface area is 139 Å². The quantitative estimate of drug-likeness (QED) is 0.902. The van der Waals surface area contributed by atoms with Crippen LogP contribution in [0.2, 0.25) is 0 Å². The Morgan fingerprint density at radius 3 is 2.67 bits per heavy atom. The Balaban J connectivity index is 1.88. The van der Waals surface area contributed by atoms with Crippen molar-refractivity contribution in [1.29, 1.82) is 0 Å². The Hall–Kier alpha value is -2.37. The average Bonchev–Trinajstić information content (AvgIpc) is 3.05. The van der Waals surface area contributed by atoms with Gasteiger partial charge in [0.15, 0.2) is 0 Å². The molecule has 1 aliphatic rings. The lowest BCUT2D eigenvalue weighted by atomic mass is 10.1. The van der Waals surface area contributed by atoms with Gasteiger partial charge in [-0.25, -0.2) is 4.79 Å². The van der Waals surface area contributed by atoms with E-state index < -0.39 is 5.69 Å². The summed E-state index contributed by atoms with van der Waals surface area (Å²) in [5.41, 5.74) is 0.0703. The minimum atomic E-state index is -0.453. The maximum absolute atomic E-state index is 12.4. The maximum atomic E-state index is 12.4. The van der Waals surface area contributed by atoms with Gasteiger partial charge in [0.1, 0.15) is 0 Å². The fraction of sp³-hybridized carbons (Fsp3) is 0.500. The first-order valence-corrected chi connectivity index (χ1v) is 8.54. The molecule has 0 radical (unpaired) electrons. The van der Waals surface area contributed by atoms with E-state index in [0.29, 0.717) is 28.9 Å². The number of H-pyrrole nitrogens is 1. The number of hydrogen-bond acceptors (Lipinski definition) is 3. The van der Waals surface area contributed by atoms with E-state index >= 15 is 0 Å². The first kappa shape index (κ1) is 16.5. The highest BCUT2D eigenvalue weighted by atomic mass is 16.2. The maximum Gasteiger partial charge on any atom is 0.329 e. The third kappa shape index (κ3) is 3.13. The molecule has 1 fully saturated rings. The third-order valence-corrected chi connectivity index (χ3v) is 4.73. The van der Waals surface area contributed by atoms with E-state index in [2.05, 4.69) is 10.3 Å². The number of amides is 1. The molecule has 0 spiro atoms. The summed E-state index contributed by atoms with van der Waals surface area (Å²) < 4.78 is 1.18. The zero-order chi connectivity index (χ0) is 17.3. The summed E-state index contributed by atoms with van der Waals surface area (Å²) in [6, 6.07) is 4.60. The van der Waals surface area contributed by atoms with Crippen LogP contribution in [0.1, 0.15) is 55.9 Å². The second-order valence-corrected chi connectivity index (χ2v) is 6.82. The predicted octanol–water partition coefficient (Wildman–Crippen LogP) is 2.19. The Bertz CT molecular complexity index is 873. The summed E-state index contributed by atoms with van der Waals surface area (Å²) in [7, 11) is 0. The molecule has 1 saturated carbocycles. The molecule has 1 aromatic heterocycles. The van der Waals surface area contributed by atoms with Crippen LogP contribution in [0.25, 0.3) is 10.9 Å². The summed E-state index contributed by atoms with van der Waals surface area (Å²) in [5, 5.41) is 3.36. The molecule has 0 aliphatic heterocycles. The van der Waals surface area contributed by atoms with Crippen LogP contribution in [0.4, 0.5) is 0 Å². The van der Waals surface area contributed by atoms with Crippen molar-refractivity contribution in [3.8, 4) is 0 Å². The molecule has 0 bridgehead atoms. The van der Waals surface area contributed by atoms with Crippen molar-refractivity contribution >= 4 is 16.8 Å². The van der Waals surface area contributed by atoms with Crippen molar-refractivity contribution in [2.75, 3.05) is 6.54 Å². The number of hydrogen-bond donors (Lipinski definition) is 2. The second kappa shape index (κ2) is 6.63. The van der Waals surface area contributed by atoms with Crippen LogP contribution in [-0.4, -0.2) is 22.0 Å². The van der Waals surface area contributed by atoms with Gasteiger partial charge in [-0.15, -0.1) is 0 Å². The smallest absolute Gasteiger partial charge is 0.329 e. The number of rotatable bonds is 4. The van der Waals surface area contributed by atoms with Crippen molar-refractivity contribution in [2.45, 2.75) is 45.6 Å². The number of nitrogens with zero attached hydrogens (tertiary/aromatic N) is 1. The zero-order valence-corrected chi connectivity index (χ0v) is 14.1. The zero-order valence-electron chi connectivity index (χ0n) is 14.1. The van der Waals surface area contributed by atoms with E-state index in [1.165, 1.54) is 30.3 Å². The van der Waals surface area contributed by atoms with Crippen LogP contribution in [0, 0.1) is 5.92 Å². The summed E-state index contributed by atoms with van der Waals surface area (Å²) in [4.78, 5) is 39.5. The van der Waals surface area contributed by atoms with Crippen LogP contribution >= 0.6 is 0 Å². The monoisotopic (exact) mass is 329 g/mol. The predicted molar refractivity (Wildman–Crippen MR) is 93.5 cm³/mol. The highest BCUT2D eigenvalue weighted by Gasteiger charge is 2.17. The molecule has 0 unspecified atom stereocenters. The van der Waals surface area contributed by atoms with E-state index in [1.807, 2.05) is 0 Å². The van der Waals surface area contributed by atoms with Gasteiger partial charge in [0.2, 0.25) is 0 Å². The fourth-order valence-corrected chi connectivity index (χ4v) is 3.40. The molecule has 1 amide bonds. The van der Waals surface area contributed by atoms with Crippen molar-refractivity contribution in [2.24, 2.45) is 5.92 Å². The molecule has 2 N–H and O–H groups in total. The lowest BCUT2D eigenvalue weighted by Gasteiger charge is -2.12. The molecule has 24 heavy (non-hydrogen) atoms. The second-order valence-electron chi connectivity index (χ2n) is 6.82. The first-order valence-electron chi connectivity index (χ1n) is 8.54. The molecular formula is C18H23N3O3. The van der Waals surface area contributed by atoms with Gasteiger partial charge in [-0.1, -0.05) is 12.8 Å². The highest BCUT2D eigenvalue weighted by Crippen LogP contribution is 2.23. The van der Waals surface area contributed by atoms with Crippen molar-refractivity contribution < 1.29 is 4.79 Å². The summed E-state index contributed by atoms with van der Waals surface area (Å²) in [6.07, 6.45) is 4.81. The lowest BCUT2D eigenvalue weighted by Crippen LogP contribution is -2.36. The van der Waals surface area contributed by atoms with Gasteiger partial charge in [0.25, 0.3) is 11.5 Å². The van der Waals surface area contributed by atoms with Gasteiger partial charge in [-0.05, 0) is 50.8 Å². The van der Waals surface area contributed by atoms with Crippen LogP contribution in [-0.2, 0) is 0 Å². The van der Waals surface area contributed by atoms with Gasteiger partial charge in [0, 0.05) is 18.2 Å². The molecule has 6 heteroatoms. The summed E-state index contributed by atoms with van der Waals surface area (Å²) >= 11 is 0. The fourth-order valence-electron chi connectivity index (χ4n) is 3.40. The molecule has 3 rings (SSSR count). The Morgan fingerprint density at radius 1 is 1.29 bits per heavy atom. The standard InChI is InChI=1S/C18H23N3O3/c1-11(2)21-17(23)14-8-7-13(9-15(14)20-18(21)24)16(22)19-10-12-5-3-4-6-12/h7-9,11-12H,3-6,10H2,1-2H3,(H,19,22)(H,20,24). The van der Waals surface area contributed by atoms with Crippen molar-refractivity contribution in [3.63, 3.8) is 0 Å². The average molecular weight is 329 g/mol. The van der Waals surface area contributed by atoms with E-state index in [9.17, 15) is 14.4 Å². The molecule has 0 saturated heterocycles. The SMILES string of the molecule is CC(C)n1c(=O)[nH]c2cc(C(=O)NCC3CCCC3)ccc2c1=O. The lowest BCUT2D eigenvalue weighted by molar-refractivity contribution is 0.0947. The number of carbonyl (C=O) groups is 1. The van der Waals surface area contributed by atoms with Crippen LogP contribution in [0.3, 0.4) is 0 Å². The van der Waals surface area contributed by atoms with Crippen molar-refractivity contribution in [1.82, 2.24) is 14.9 Å². The summed E-state index contributed by atoms with van der Waals surface area (Å²) in [6.45, 7) is 4.25. The molecular weight excluding hydrogens is 306 g/mol. The topological polar surface area (TPSA) is 84.0 Å². The third-order valence-electron chi connectivity index (χ3n) is 4.73. The molecule has 2 aromatic rings. The van der Waals surface area contributed by atoms with Gasteiger partial charge in [0.05, 0.1) is 10.9 Å². The largest absolute Gasteiger partial charge is 0.352 e.